The van der Waals surface area contributed by atoms with Crippen molar-refractivity contribution in [2.24, 2.45) is 5.92 Å². The summed E-state index contributed by atoms with van der Waals surface area (Å²) in [6.07, 6.45) is 4.61. The molecular weight excluding hydrogens is 226 g/mol. The summed E-state index contributed by atoms with van der Waals surface area (Å²) >= 11 is 0. The van der Waals surface area contributed by atoms with Gasteiger partial charge in [0.15, 0.2) is 5.82 Å². The number of nitrogens with zero attached hydrogens (tertiary/aromatic N) is 2. The van der Waals surface area contributed by atoms with E-state index < -0.39 is 0 Å². The van der Waals surface area contributed by atoms with E-state index in [1.807, 2.05) is 19.3 Å². The normalized spacial score (nSPS) is 14.8. The second-order valence-electron chi connectivity index (χ2n) is 5.23. The Bertz CT molecular complexity index is 345. The molecule has 0 aliphatic rings. The van der Waals surface area contributed by atoms with Gasteiger partial charge in [-0.1, -0.05) is 20.8 Å². The molecule has 1 aromatic rings. The maximum atomic E-state index is 5.48. The van der Waals surface area contributed by atoms with E-state index in [0.717, 1.165) is 30.9 Å². The Hall–Kier alpha value is -1.00. The fourth-order valence-electron chi connectivity index (χ4n) is 1.62. The van der Waals surface area contributed by atoms with Gasteiger partial charge >= 0.3 is 0 Å². The van der Waals surface area contributed by atoms with E-state index in [1.165, 1.54) is 0 Å². The van der Waals surface area contributed by atoms with Crippen LogP contribution in [0.1, 0.15) is 45.5 Å². The van der Waals surface area contributed by atoms with Crippen molar-refractivity contribution in [2.75, 3.05) is 13.7 Å². The molecule has 0 saturated heterocycles. The third-order valence-corrected chi connectivity index (χ3v) is 3.19. The van der Waals surface area contributed by atoms with Gasteiger partial charge in [0.1, 0.15) is 5.60 Å². The predicted molar refractivity (Wildman–Crippen MR) is 73.2 cm³/mol. The van der Waals surface area contributed by atoms with Gasteiger partial charge in [-0.3, -0.25) is 0 Å². The van der Waals surface area contributed by atoms with Crippen molar-refractivity contribution in [3.63, 3.8) is 0 Å². The number of ether oxygens (including phenoxy) is 1. The maximum Gasteiger partial charge on any atom is 0.159 e. The van der Waals surface area contributed by atoms with Crippen LogP contribution in [0.5, 0.6) is 0 Å². The number of methoxy groups -OCH3 is 1. The van der Waals surface area contributed by atoms with E-state index in [1.54, 1.807) is 7.11 Å². The molecule has 0 aliphatic carbocycles. The van der Waals surface area contributed by atoms with E-state index in [4.69, 9.17) is 4.74 Å². The van der Waals surface area contributed by atoms with Crippen LogP contribution in [0.25, 0.3) is 0 Å². The number of aromatic nitrogens is 2. The van der Waals surface area contributed by atoms with E-state index >= 15 is 0 Å². The molecule has 0 spiro atoms. The Morgan fingerprint density at radius 1 is 1.33 bits per heavy atom. The first kappa shape index (κ1) is 15.1. The summed E-state index contributed by atoms with van der Waals surface area (Å²) in [4.78, 5) is 8.83. The average molecular weight is 251 g/mol. The molecule has 4 heteroatoms. The standard InChI is InChI=1S/C14H25N3O/c1-6-14(4,18-5)13-16-9-12(10-17-13)8-15-7-11(2)3/h9-11,15H,6-8H2,1-5H3. The van der Waals surface area contributed by atoms with Crippen LogP contribution in [0.2, 0.25) is 0 Å². The van der Waals surface area contributed by atoms with E-state index in [-0.39, 0.29) is 5.60 Å². The van der Waals surface area contributed by atoms with Crippen molar-refractivity contribution >= 4 is 0 Å². The summed E-state index contributed by atoms with van der Waals surface area (Å²) in [6.45, 7) is 10.3. The zero-order chi connectivity index (χ0) is 13.6. The molecule has 0 fully saturated rings. The summed E-state index contributed by atoms with van der Waals surface area (Å²) < 4.78 is 5.48. The van der Waals surface area contributed by atoms with Gasteiger partial charge in [-0.2, -0.15) is 0 Å². The summed E-state index contributed by atoms with van der Waals surface area (Å²) in [5, 5.41) is 3.38. The van der Waals surface area contributed by atoms with Crippen molar-refractivity contribution < 1.29 is 4.74 Å². The summed E-state index contributed by atoms with van der Waals surface area (Å²) in [7, 11) is 1.70. The topological polar surface area (TPSA) is 47.0 Å². The van der Waals surface area contributed by atoms with Crippen LogP contribution >= 0.6 is 0 Å². The zero-order valence-corrected chi connectivity index (χ0v) is 12.2. The zero-order valence-electron chi connectivity index (χ0n) is 12.2. The molecule has 0 saturated carbocycles. The monoisotopic (exact) mass is 251 g/mol. The smallest absolute Gasteiger partial charge is 0.159 e. The van der Waals surface area contributed by atoms with Gasteiger partial charge in [-0.15, -0.1) is 0 Å². The minimum absolute atomic E-state index is 0.385. The molecule has 18 heavy (non-hydrogen) atoms. The number of hydrogen-bond donors (Lipinski definition) is 1. The van der Waals surface area contributed by atoms with Gasteiger partial charge in [-0.05, 0) is 25.8 Å². The highest BCUT2D eigenvalue weighted by Gasteiger charge is 2.26. The Labute approximate surface area is 110 Å². The molecule has 1 N–H and O–H groups in total. The van der Waals surface area contributed by atoms with Gasteiger partial charge in [0, 0.05) is 31.6 Å². The molecule has 1 rings (SSSR count). The summed E-state index contributed by atoms with van der Waals surface area (Å²) in [5.41, 5.74) is 0.720. The minimum atomic E-state index is -0.385. The molecule has 0 aromatic carbocycles. The van der Waals surface area contributed by atoms with Gasteiger partial charge < -0.3 is 10.1 Å². The highest BCUT2D eigenvalue weighted by molar-refractivity contribution is 5.08. The van der Waals surface area contributed by atoms with Crippen molar-refractivity contribution in [2.45, 2.75) is 46.3 Å². The minimum Gasteiger partial charge on any atom is -0.371 e. The van der Waals surface area contributed by atoms with Crippen LogP contribution in [-0.2, 0) is 16.9 Å². The van der Waals surface area contributed by atoms with Crippen molar-refractivity contribution in [1.82, 2.24) is 15.3 Å². The lowest BCUT2D eigenvalue weighted by Gasteiger charge is -2.24. The molecular formula is C14H25N3O. The Morgan fingerprint density at radius 3 is 2.39 bits per heavy atom. The van der Waals surface area contributed by atoms with Crippen molar-refractivity contribution in [1.29, 1.82) is 0 Å². The van der Waals surface area contributed by atoms with E-state index in [2.05, 4.69) is 36.1 Å². The Balaban J connectivity index is 2.62. The fourth-order valence-corrected chi connectivity index (χ4v) is 1.62. The third kappa shape index (κ3) is 4.03. The molecule has 0 radical (unpaired) electrons. The first-order valence-corrected chi connectivity index (χ1v) is 6.59. The molecule has 1 unspecified atom stereocenters. The maximum absolute atomic E-state index is 5.48. The van der Waals surface area contributed by atoms with E-state index in [0.29, 0.717) is 5.92 Å². The van der Waals surface area contributed by atoms with Crippen LogP contribution < -0.4 is 5.32 Å². The van der Waals surface area contributed by atoms with Gasteiger partial charge in [0.25, 0.3) is 0 Å². The molecule has 4 nitrogen and oxygen atoms in total. The van der Waals surface area contributed by atoms with Crippen LogP contribution in [-0.4, -0.2) is 23.6 Å². The third-order valence-electron chi connectivity index (χ3n) is 3.19. The first-order valence-electron chi connectivity index (χ1n) is 6.59. The first-order chi connectivity index (χ1) is 8.51. The Kier molecular flexibility index (Phi) is 5.69. The highest BCUT2D eigenvalue weighted by Crippen LogP contribution is 2.24. The molecule has 0 amide bonds. The predicted octanol–water partition coefficient (Wildman–Crippen LogP) is 2.49. The largest absolute Gasteiger partial charge is 0.371 e. The number of hydrogen-bond acceptors (Lipinski definition) is 4. The van der Waals surface area contributed by atoms with Crippen molar-refractivity contribution in [3.05, 3.63) is 23.8 Å². The van der Waals surface area contributed by atoms with E-state index in [9.17, 15) is 0 Å². The quantitative estimate of drug-likeness (QED) is 0.809. The van der Waals surface area contributed by atoms with Crippen molar-refractivity contribution in [3.8, 4) is 0 Å². The molecule has 102 valence electrons. The van der Waals surface area contributed by atoms with Crippen LogP contribution in [0.4, 0.5) is 0 Å². The number of nitrogens with one attached hydrogen (secondary N) is 1. The number of rotatable bonds is 7. The summed E-state index contributed by atoms with van der Waals surface area (Å²) in [6, 6.07) is 0. The molecule has 0 aliphatic heterocycles. The lowest BCUT2D eigenvalue weighted by molar-refractivity contribution is -0.00903. The summed E-state index contributed by atoms with van der Waals surface area (Å²) in [5.74, 6) is 1.40. The van der Waals surface area contributed by atoms with Gasteiger partial charge in [0.05, 0.1) is 0 Å². The molecule has 1 aromatic heterocycles. The second-order valence-corrected chi connectivity index (χ2v) is 5.23. The second kappa shape index (κ2) is 6.81. The Morgan fingerprint density at radius 2 is 1.94 bits per heavy atom. The van der Waals surface area contributed by atoms with Crippen LogP contribution in [0.3, 0.4) is 0 Å². The van der Waals surface area contributed by atoms with Gasteiger partial charge in [-0.25, -0.2) is 9.97 Å². The highest BCUT2D eigenvalue weighted by atomic mass is 16.5. The molecule has 1 heterocycles. The van der Waals surface area contributed by atoms with Crippen LogP contribution in [0.15, 0.2) is 12.4 Å². The lowest BCUT2D eigenvalue weighted by atomic mass is 10.0. The van der Waals surface area contributed by atoms with Crippen LogP contribution in [0, 0.1) is 5.92 Å². The van der Waals surface area contributed by atoms with Gasteiger partial charge in [0.2, 0.25) is 0 Å². The molecule has 0 bridgehead atoms. The average Bonchev–Trinajstić information content (AvgIpc) is 2.38. The fraction of sp³-hybridized carbons (Fsp3) is 0.714. The lowest BCUT2D eigenvalue weighted by Crippen LogP contribution is -2.26. The SMILES string of the molecule is CCC(C)(OC)c1ncc(CNCC(C)C)cn1. The molecule has 1 atom stereocenters.